The first kappa shape index (κ1) is 22.5. The molecule has 0 bridgehead atoms. The van der Waals surface area contributed by atoms with E-state index in [0.717, 1.165) is 31.2 Å². The zero-order valence-electron chi connectivity index (χ0n) is 19.7. The predicted octanol–water partition coefficient (Wildman–Crippen LogP) is 7.59. The van der Waals surface area contributed by atoms with Crippen molar-refractivity contribution in [2.45, 2.75) is 5.41 Å². The predicted molar refractivity (Wildman–Crippen MR) is 144 cm³/mol. The summed E-state index contributed by atoms with van der Waals surface area (Å²) in [5, 5.41) is 0. The Morgan fingerprint density at radius 3 is 1.17 bits per heavy atom. The van der Waals surface area contributed by atoms with Crippen LogP contribution < -0.4 is 18.9 Å². The van der Waals surface area contributed by atoms with Crippen molar-refractivity contribution in [3.63, 3.8) is 0 Å². The van der Waals surface area contributed by atoms with Crippen molar-refractivity contribution >= 4 is 31.9 Å². The average molecular weight is 594 g/mol. The van der Waals surface area contributed by atoms with Crippen LogP contribution in [0.5, 0.6) is 23.0 Å². The van der Waals surface area contributed by atoms with E-state index in [1.165, 1.54) is 22.3 Å². The van der Waals surface area contributed by atoms with Crippen LogP contribution in [0.25, 0.3) is 22.3 Å². The van der Waals surface area contributed by atoms with Crippen molar-refractivity contribution in [1.29, 1.82) is 0 Å². The molecule has 4 aromatic carbocycles. The normalized spacial score (nSPS) is 13.7. The van der Waals surface area contributed by atoms with Crippen molar-refractivity contribution in [3.05, 3.63) is 91.9 Å². The average Bonchev–Trinajstić information content (AvgIpc) is 3.31. The maximum absolute atomic E-state index is 5.78. The summed E-state index contributed by atoms with van der Waals surface area (Å²) < 4.78 is 25.0. The van der Waals surface area contributed by atoms with Gasteiger partial charge in [-0.1, -0.05) is 44.0 Å². The molecule has 0 atom stereocenters. The number of halogens is 2. The van der Waals surface area contributed by atoms with Crippen LogP contribution in [0.15, 0.2) is 69.6 Å². The molecule has 0 aromatic heterocycles. The van der Waals surface area contributed by atoms with Gasteiger partial charge in [-0.15, -0.1) is 0 Å². The molecule has 1 spiro atoms. The molecule has 35 heavy (non-hydrogen) atoms. The van der Waals surface area contributed by atoms with Gasteiger partial charge in [0.2, 0.25) is 0 Å². The maximum atomic E-state index is 5.78. The molecule has 2 aliphatic carbocycles. The van der Waals surface area contributed by atoms with E-state index in [9.17, 15) is 0 Å². The van der Waals surface area contributed by atoms with Gasteiger partial charge in [0.1, 0.15) is 0 Å². The van der Waals surface area contributed by atoms with Crippen LogP contribution in [0.4, 0.5) is 0 Å². The van der Waals surface area contributed by atoms with Gasteiger partial charge in [-0.05, 0) is 93.0 Å². The molecular weight excluding hydrogens is 572 g/mol. The van der Waals surface area contributed by atoms with E-state index in [1.54, 1.807) is 28.4 Å². The topological polar surface area (TPSA) is 36.9 Å². The summed E-state index contributed by atoms with van der Waals surface area (Å²) in [4.78, 5) is 0. The fraction of sp³-hybridized carbons (Fsp3) is 0.172. The molecular formula is C29H22Br2O4. The second-order valence-electron chi connectivity index (χ2n) is 8.64. The number of fused-ring (bicyclic) bond motifs is 10. The lowest BCUT2D eigenvalue weighted by Gasteiger charge is -2.31. The van der Waals surface area contributed by atoms with Crippen LogP contribution >= 0.6 is 31.9 Å². The van der Waals surface area contributed by atoms with Gasteiger partial charge in [0.15, 0.2) is 23.0 Å². The van der Waals surface area contributed by atoms with Crippen LogP contribution in [0.2, 0.25) is 0 Å². The molecule has 6 rings (SSSR count). The molecule has 2 aliphatic rings. The second kappa shape index (κ2) is 8.04. The Morgan fingerprint density at radius 2 is 0.800 bits per heavy atom. The van der Waals surface area contributed by atoms with E-state index in [1.807, 2.05) is 0 Å². The first-order valence-electron chi connectivity index (χ1n) is 11.1. The van der Waals surface area contributed by atoms with Crippen LogP contribution in [0, 0.1) is 0 Å². The third-order valence-corrected chi connectivity index (χ3v) is 8.19. The second-order valence-corrected chi connectivity index (χ2v) is 10.5. The van der Waals surface area contributed by atoms with Gasteiger partial charge in [-0.2, -0.15) is 0 Å². The molecule has 6 heteroatoms. The van der Waals surface area contributed by atoms with Gasteiger partial charge in [-0.3, -0.25) is 0 Å². The molecule has 0 aliphatic heterocycles. The minimum Gasteiger partial charge on any atom is -0.493 e. The Bertz CT molecular complexity index is 1410. The monoisotopic (exact) mass is 592 g/mol. The van der Waals surface area contributed by atoms with Gasteiger partial charge in [0.25, 0.3) is 0 Å². The molecule has 0 N–H and O–H groups in total. The number of methoxy groups -OCH3 is 4. The largest absolute Gasteiger partial charge is 0.493 e. The number of hydrogen-bond acceptors (Lipinski definition) is 4. The van der Waals surface area contributed by atoms with E-state index in [-0.39, 0.29) is 0 Å². The smallest absolute Gasteiger partial charge is 0.161 e. The van der Waals surface area contributed by atoms with E-state index in [2.05, 4.69) is 92.5 Å². The van der Waals surface area contributed by atoms with Gasteiger partial charge in [0, 0.05) is 8.95 Å². The summed E-state index contributed by atoms with van der Waals surface area (Å²) in [5.41, 5.74) is 8.70. The lowest BCUT2D eigenvalue weighted by molar-refractivity contribution is 0.354. The summed E-state index contributed by atoms with van der Waals surface area (Å²) >= 11 is 7.48. The van der Waals surface area contributed by atoms with Gasteiger partial charge < -0.3 is 18.9 Å². The fourth-order valence-electron chi connectivity index (χ4n) is 5.82. The highest BCUT2D eigenvalue weighted by molar-refractivity contribution is 9.10. The molecule has 0 heterocycles. The van der Waals surface area contributed by atoms with Crippen molar-refractivity contribution < 1.29 is 18.9 Å². The van der Waals surface area contributed by atoms with Crippen LogP contribution in [0.3, 0.4) is 0 Å². The maximum Gasteiger partial charge on any atom is 0.161 e. The molecule has 4 nitrogen and oxygen atoms in total. The number of hydrogen-bond donors (Lipinski definition) is 0. The number of ether oxygens (including phenoxy) is 4. The minimum atomic E-state index is -0.567. The van der Waals surface area contributed by atoms with Gasteiger partial charge in [-0.25, -0.2) is 0 Å². The zero-order valence-corrected chi connectivity index (χ0v) is 22.8. The SMILES string of the molecule is COc1cc2c(cc1OC)C1(c3cc(Br)ccc3-c3ccc(Br)cc31)c1cc(OC)c(OC)cc1-2. The molecule has 0 unspecified atom stereocenters. The third-order valence-electron chi connectivity index (χ3n) is 7.21. The number of rotatable bonds is 4. The molecule has 0 radical (unpaired) electrons. The quantitative estimate of drug-likeness (QED) is 0.211. The van der Waals surface area contributed by atoms with Gasteiger partial charge >= 0.3 is 0 Å². The minimum absolute atomic E-state index is 0.567. The third kappa shape index (κ3) is 2.90. The Balaban J connectivity index is 1.85. The van der Waals surface area contributed by atoms with E-state index in [4.69, 9.17) is 18.9 Å². The first-order valence-corrected chi connectivity index (χ1v) is 12.7. The molecule has 0 fully saturated rings. The van der Waals surface area contributed by atoms with Crippen molar-refractivity contribution in [2.75, 3.05) is 28.4 Å². The fourth-order valence-corrected chi connectivity index (χ4v) is 6.54. The van der Waals surface area contributed by atoms with Crippen molar-refractivity contribution in [3.8, 4) is 45.3 Å². The molecule has 4 aromatic rings. The van der Waals surface area contributed by atoms with Crippen molar-refractivity contribution in [1.82, 2.24) is 0 Å². The molecule has 0 saturated heterocycles. The standard InChI is InChI=1S/C29H22Br2O4/c1-32-25-11-19-20-12-26(33-2)28(35-4)14-24(20)29(23(19)13-27(25)34-3)21-9-15(30)5-7-17(21)18-8-6-16(31)10-22(18)29/h5-14H,1-4H3. The highest BCUT2D eigenvalue weighted by atomic mass is 79.9. The molecule has 0 amide bonds. The first-order chi connectivity index (χ1) is 17.0. The Kier molecular flexibility index (Phi) is 5.17. The highest BCUT2D eigenvalue weighted by Crippen LogP contribution is 2.65. The van der Waals surface area contributed by atoms with E-state index < -0.39 is 5.41 Å². The highest BCUT2D eigenvalue weighted by Gasteiger charge is 2.53. The summed E-state index contributed by atoms with van der Waals surface area (Å²) in [6.07, 6.45) is 0. The summed E-state index contributed by atoms with van der Waals surface area (Å²) in [6, 6.07) is 21.4. The van der Waals surface area contributed by atoms with Crippen molar-refractivity contribution in [2.24, 2.45) is 0 Å². The Morgan fingerprint density at radius 1 is 0.457 bits per heavy atom. The summed E-state index contributed by atoms with van der Waals surface area (Å²) in [6.45, 7) is 0. The number of benzene rings is 4. The van der Waals surface area contributed by atoms with E-state index in [0.29, 0.717) is 23.0 Å². The van der Waals surface area contributed by atoms with Crippen LogP contribution in [0.1, 0.15) is 22.3 Å². The zero-order chi connectivity index (χ0) is 24.5. The molecule has 176 valence electrons. The van der Waals surface area contributed by atoms with E-state index >= 15 is 0 Å². The van der Waals surface area contributed by atoms with Gasteiger partial charge in [0.05, 0.1) is 33.9 Å². The summed E-state index contributed by atoms with van der Waals surface area (Å²) in [5.74, 6) is 2.76. The Hall–Kier alpha value is -2.96. The lowest BCUT2D eigenvalue weighted by atomic mass is 9.70. The summed E-state index contributed by atoms with van der Waals surface area (Å²) in [7, 11) is 6.68. The lowest BCUT2D eigenvalue weighted by Crippen LogP contribution is -2.26. The van der Waals surface area contributed by atoms with Crippen LogP contribution in [-0.4, -0.2) is 28.4 Å². The molecule has 0 saturated carbocycles. The van der Waals surface area contributed by atoms with Crippen LogP contribution in [-0.2, 0) is 5.41 Å². The Labute approximate surface area is 221 Å².